The van der Waals surface area contributed by atoms with Gasteiger partial charge in [-0.15, -0.1) is 0 Å². The molecule has 0 aliphatic carbocycles. The zero-order chi connectivity index (χ0) is 17.8. The van der Waals surface area contributed by atoms with Crippen LogP contribution < -0.4 is 11.2 Å². The van der Waals surface area contributed by atoms with Crippen molar-refractivity contribution in [3.63, 3.8) is 0 Å². The maximum absolute atomic E-state index is 6.66. The average molecular weight is 342 g/mol. The Morgan fingerprint density at radius 3 is 2.17 bits per heavy atom. The Hall–Kier alpha value is -1.29. The summed E-state index contributed by atoms with van der Waals surface area (Å²) >= 11 is 5.97. The summed E-state index contributed by atoms with van der Waals surface area (Å²) in [5, 5.41) is 0.735. The first-order valence-corrected chi connectivity index (χ1v) is 8.71. The molecule has 24 heavy (non-hydrogen) atoms. The number of hydrogen-bond donors (Lipinski definition) is 1. The van der Waals surface area contributed by atoms with Crippen molar-refractivity contribution in [2.45, 2.75) is 44.7 Å². The molecular formula is C20H27BClN2. The molecule has 0 saturated heterocycles. The van der Waals surface area contributed by atoms with Gasteiger partial charge in [0.15, 0.2) is 7.28 Å². The minimum Gasteiger partial charge on any atom is -0.313 e. The van der Waals surface area contributed by atoms with E-state index in [1.54, 1.807) is 0 Å². The smallest absolute Gasteiger partial charge is 0.158 e. The van der Waals surface area contributed by atoms with Crippen molar-refractivity contribution in [3.8, 4) is 0 Å². The number of nitrogens with zero attached hydrogens (tertiary/aromatic N) is 1. The minimum absolute atomic E-state index is 0.0255. The van der Waals surface area contributed by atoms with Crippen molar-refractivity contribution >= 4 is 24.3 Å². The number of hydrogen-bond acceptors (Lipinski definition) is 2. The predicted octanol–water partition coefficient (Wildman–Crippen LogP) is 4.07. The van der Waals surface area contributed by atoms with Crippen LogP contribution in [-0.4, -0.2) is 24.9 Å². The van der Waals surface area contributed by atoms with Gasteiger partial charge >= 0.3 is 0 Å². The van der Waals surface area contributed by atoms with Crippen molar-refractivity contribution in [3.05, 3.63) is 65.2 Å². The normalized spacial score (nSPS) is 14.5. The molecule has 4 heteroatoms. The molecule has 1 radical (unpaired) electrons. The Kier molecular flexibility index (Phi) is 6.14. The van der Waals surface area contributed by atoms with Crippen molar-refractivity contribution < 1.29 is 0 Å². The summed E-state index contributed by atoms with van der Waals surface area (Å²) in [6.45, 7) is 7.39. The fourth-order valence-corrected chi connectivity index (χ4v) is 3.28. The molecule has 1 unspecified atom stereocenters. The lowest BCUT2D eigenvalue weighted by Gasteiger charge is -2.41. The summed E-state index contributed by atoms with van der Waals surface area (Å²) < 4.78 is 0. The Labute approximate surface area is 152 Å². The standard InChI is InChI=1S/C20H27BClN2/c1-19(2,21-17-10-12-18(22)13-11-17)15-20(3,23)24(4)14-16-8-6-5-7-9-16/h5-13H,14-15,23H2,1-4H3. The molecule has 2 N–H and O–H groups in total. The first-order chi connectivity index (χ1) is 11.2. The molecular weight excluding hydrogens is 314 g/mol. The van der Waals surface area contributed by atoms with Gasteiger partial charge in [0.05, 0.1) is 5.66 Å². The summed E-state index contributed by atoms with van der Waals surface area (Å²) in [4.78, 5) is 2.22. The Morgan fingerprint density at radius 1 is 1.00 bits per heavy atom. The predicted molar refractivity (Wildman–Crippen MR) is 106 cm³/mol. The Bertz CT molecular complexity index is 638. The van der Waals surface area contributed by atoms with Gasteiger partial charge in [-0.2, -0.15) is 0 Å². The summed E-state index contributed by atoms with van der Waals surface area (Å²) in [5.74, 6) is 0. The topological polar surface area (TPSA) is 29.3 Å². The highest BCUT2D eigenvalue weighted by atomic mass is 35.5. The van der Waals surface area contributed by atoms with E-state index in [-0.39, 0.29) is 5.31 Å². The van der Waals surface area contributed by atoms with Crippen LogP contribution in [0.2, 0.25) is 10.3 Å². The fraction of sp³-hybridized carbons (Fsp3) is 0.400. The highest BCUT2D eigenvalue weighted by molar-refractivity contribution is 6.56. The van der Waals surface area contributed by atoms with Crippen LogP contribution in [0.1, 0.15) is 32.8 Å². The van der Waals surface area contributed by atoms with Crippen LogP contribution in [0.3, 0.4) is 0 Å². The largest absolute Gasteiger partial charge is 0.313 e. The molecule has 0 aromatic heterocycles. The first-order valence-electron chi connectivity index (χ1n) is 8.33. The van der Waals surface area contributed by atoms with Gasteiger partial charge < -0.3 is 5.73 Å². The van der Waals surface area contributed by atoms with Crippen molar-refractivity contribution in [1.82, 2.24) is 4.90 Å². The van der Waals surface area contributed by atoms with Crippen LogP contribution in [0.4, 0.5) is 0 Å². The van der Waals surface area contributed by atoms with E-state index in [0.29, 0.717) is 0 Å². The van der Waals surface area contributed by atoms with Gasteiger partial charge in [0.2, 0.25) is 0 Å². The van der Waals surface area contributed by atoms with Gasteiger partial charge in [0.1, 0.15) is 0 Å². The van der Waals surface area contributed by atoms with Crippen LogP contribution in [0, 0.1) is 0 Å². The summed E-state index contributed by atoms with van der Waals surface area (Å²) in [6, 6.07) is 18.4. The Balaban J connectivity index is 2.01. The molecule has 0 aliphatic heterocycles. The van der Waals surface area contributed by atoms with Crippen LogP contribution in [0.25, 0.3) is 0 Å². The SMILES string of the molecule is CN(Cc1ccccc1)C(C)(N)CC(C)(C)[B]c1ccc(Cl)cc1. The van der Waals surface area contributed by atoms with E-state index in [1.807, 2.05) is 30.3 Å². The van der Waals surface area contributed by atoms with Gasteiger partial charge in [0, 0.05) is 11.6 Å². The van der Waals surface area contributed by atoms with E-state index in [0.717, 1.165) is 18.0 Å². The summed E-state index contributed by atoms with van der Waals surface area (Å²) in [5.41, 5.74) is 8.70. The fourth-order valence-electron chi connectivity index (χ4n) is 3.16. The Morgan fingerprint density at radius 2 is 1.58 bits per heavy atom. The van der Waals surface area contributed by atoms with E-state index in [4.69, 9.17) is 17.3 Å². The molecule has 127 valence electrons. The van der Waals surface area contributed by atoms with Crippen molar-refractivity contribution in [2.75, 3.05) is 7.05 Å². The zero-order valence-electron chi connectivity index (χ0n) is 15.1. The van der Waals surface area contributed by atoms with Gasteiger partial charge in [-0.3, -0.25) is 4.90 Å². The minimum atomic E-state index is -0.401. The van der Waals surface area contributed by atoms with E-state index in [1.165, 1.54) is 11.0 Å². The zero-order valence-corrected chi connectivity index (χ0v) is 15.8. The lowest BCUT2D eigenvalue weighted by Crippen LogP contribution is -2.53. The van der Waals surface area contributed by atoms with Gasteiger partial charge in [-0.1, -0.05) is 78.7 Å². The van der Waals surface area contributed by atoms with Crippen LogP contribution in [0.5, 0.6) is 0 Å². The molecule has 0 fully saturated rings. The summed E-state index contributed by atoms with van der Waals surface area (Å²) in [7, 11) is 4.36. The van der Waals surface area contributed by atoms with Crippen molar-refractivity contribution in [1.29, 1.82) is 0 Å². The highest BCUT2D eigenvalue weighted by Crippen LogP contribution is 2.34. The third kappa shape index (κ3) is 5.66. The third-order valence-electron chi connectivity index (χ3n) is 4.38. The maximum atomic E-state index is 6.66. The monoisotopic (exact) mass is 341 g/mol. The molecule has 1 atom stereocenters. The van der Waals surface area contributed by atoms with Crippen LogP contribution >= 0.6 is 11.6 Å². The molecule has 2 rings (SSSR count). The lowest BCUT2D eigenvalue weighted by molar-refractivity contribution is 0.113. The average Bonchev–Trinajstić information content (AvgIpc) is 2.49. The van der Waals surface area contributed by atoms with E-state index < -0.39 is 5.66 Å². The van der Waals surface area contributed by atoms with E-state index >= 15 is 0 Å². The molecule has 0 bridgehead atoms. The molecule has 0 heterocycles. The van der Waals surface area contributed by atoms with Gasteiger partial charge in [-0.05, 0) is 38.1 Å². The molecule has 0 aliphatic rings. The molecule has 0 amide bonds. The van der Waals surface area contributed by atoms with Gasteiger partial charge in [-0.25, -0.2) is 0 Å². The molecule has 2 nitrogen and oxygen atoms in total. The molecule has 2 aromatic rings. The highest BCUT2D eigenvalue weighted by Gasteiger charge is 2.33. The summed E-state index contributed by atoms with van der Waals surface area (Å²) in [6.07, 6.45) is 0.853. The molecule has 2 aromatic carbocycles. The van der Waals surface area contributed by atoms with E-state index in [9.17, 15) is 0 Å². The van der Waals surface area contributed by atoms with Crippen molar-refractivity contribution in [2.24, 2.45) is 5.73 Å². The quantitative estimate of drug-likeness (QED) is 0.608. The maximum Gasteiger partial charge on any atom is 0.158 e. The number of halogens is 1. The number of benzene rings is 2. The van der Waals surface area contributed by atoms with Crippen LogP contribution in [0.15, 0.2) is 54.6 Å². The second-order valence-electron chi connectivity index (χ2n) is 7.56. The third-order valence-corrected chi connectivity index (χ3v) is 4.63. The van der Waals surface area contributed by atoms with Gasteiger partial charge in [0.25, 0.3) is 0 Å². The first kappa shape index (κ1) is 19.0. The molecule has 0 spiro atoms. The number of rotatable bonds is 7. The van der Waals surface area contributed by atoms with Crippen LogP contribution in [-0.2, 0) is 6.54 Å². The lowest BCUT2D eigenvalue weighted by atomic mass is 9.48. The molecule has 0 saturated carbocycles. The second kappa shape index (κ2) is 7.73. The second-order valence-corrected chi connectivity index (χ2v) is 8.00. The van der Waals surface area contributed by atoms with E-state index in [2.05, 4.69) is 64.3 Å². The number of nitrogens with two attached hydrogens (primary N) is 1.